The van der Waals surface area contributed by atoms with Gasteiger partial charge in [0.1, 0.15) is 24.4 Å². The number of aromatic nitrogens is 3. The first-order valence-corrected chi connectivity index (χ1v) is 33.7. The summed E-state index contributed by atoms with van der Waals surface area (Å²) in [5.41, 5.74) is 7.42. The lowest BCUT2D eigenvalue weighted by atomic mass is 9.95. The topological polar surface area (TPSA) is 278 Å². The highest BCUT2D eigenvalue weighted by Gasteiger charge is 2.58. The van der Waals surface area contributed by atoms with E-state index in [1.807, 2.05) is 66.7 Å². The number of nitrogens with zero attached hydrogens (tertiary/aromatic N) is 8. The van der Waals surface area contributed by atoms with Gasteiger partial charge in [-0.25, -0.2) is 14.4 Å². The molecule has 0 unspecified atom stereocenters. The van der Waals surface area contributed by atoms with Crippen molar-refractivity contribution in [1.29, 1.82) is 0 Å². The van der Waals surface area contributed by atoms with Gasteiger partial charge in [-0.15, -0.1) is 5.10 Å². The Hall–Kier alpha value is -9.84. The Balaban J connectivity index is 0.580. The molecule has 0 radical (unpaired) electrons. The van der Waals surface area contributed by atoms with Crippen molar-refractivity contribution in [2.45, 2.75) is 148 Å². The number of hydrogen-bond donors (Lipinski definition) is 4. The van der Waals surface area contributed by atoms with Crippen LogP contribution in [0.2, 0.25) is 0 Å². The Bertz CT molecular complexity index is 4090. The van der Waals surface area contributed by atoms with Gasteiger partial charge in [0.05, 0.1) is 79.9 Å². The third-order valence-corrected chi connectivity index (χ3v) is 20.1. The number of aliphatic imine (C=N–C) groups is 1. The summed E-state index contributed by atoms with van der Waals surface area (Å²) in [5.74, 6) is -0.687. The van der Waals surface area contributed by atoms with Gasteiger partial charge in [-0.2, -0.15) is 0 Å². The lowest BCUT2D eigenvalue weighted by Gasteiger charge is -2.31. The molecule has 2 saturated heterocycles. The van der Waals surface area contributed by atoms with Crippen LogP contribution in [0.3, 0.4) is 0 Å². The second kappa shape index (κ2) is 27.3. The summed E-state index contributed by atoms with van der Waals surface area (Å²) in [6, 6.07) is 26.1. The van der Waals surface area contributed by atoms with E-state index in [4.69, 9.17) is 28.7 Å². The lowest BCUT2D eigenvalue weighted by Crippen LogP contribution is -2.53. The van der Waals surface area contributed by atoms with Gasteiger partial charge in [0.25, 0.3) is 11.8 Å². The maximum absolute atomic E-state index is 14.5. The molecule has 6 heterocycles. The van der Waals surface area contributed by atoms with Crippen molar-refractivity contribution in [3.05, 3.63) is 119 Å². The van der Waals surface area contributed by atoms with Gasteiger partial charge >= 0.3 is 6.09 Å². The zero-order valence-electron chi connectivity index (χ0n) is 55.6. The molecular formula is C73H83N11O13. The van der Waals surface area contributed by atoms with E-state index in [0.29, 0.717) is 97.9 Å². The van der Waals surface area contributed by atoms with Crippen LogP contribution in [-0.4, -0.2) is 149 Å². The summed E-state index contributed by atoms with van der Waals surface area (Å²) < 4.78 is 31.6. The van der Waals surface area contributed by atoms with E-state index in [1.165, 1.54) is 14.0 Å². The van der Waals surface area contributed by atoms with E-state index in [9.17, 15) is 38.7 Å². The zero-order valence-corrected chi connectivity index (χ0v) is 55.6. The molecule has 5 aliphatic heterocycles. The number of anilines is 3. The Morgan fingerprint density at radius 1 is 0.680 bits per heavy atom. The van der Waals surface area contributed by atoms with Gasteiger partial charge in [-0.05, 0) is 136 Å². The number of hydrogen-bond acceptors (Lipinski definition) is 16. The fourth-order valence-corrected chi connectivity index (χ4v) is 14.3. The number of rotatable bonds is 23. The number of aliphatic hydroxyl groups excluding tert-OH is 1. The largest absolute Gasteiger partial charge is 0.493 e. The van der Waals surface area contributed by atoms with Gasteiger partial charge in [-0.1, -0.05) is 73.7 Å². The van der Waals surface area contributed by atoms with E-state index < -0.39 is 42.3 Å². The summed E-state index contributed by atoms with van der Waals surface area (Å²) in [4.78, 5) is 108. The average molecular weight is 1320 g/mol. The van der Waals surface area contributed by atoms with Crippen molar-refractivity contribution in [3.63, 3.8) is 0 Å². The molecule has 2 spiro atoms. The number of amides is 7. The van der Waals surface area contributed by atoms with Crippen molar-refractivity contribution < 1.29 is 62.4 Å². The summed E-state index contributed by atoms with van der Waals surface area (Å²) in [6.07, 6.45) is 8.24. The maximum Gasteiger partial charge on any atom is 0.416 e. The van der Waals surface area contributed by atoms with Gasteiger partial charge in [0, 0.05) is 68.1 Å². The van der Waals surface area contributed by atoms with Gasteiger partial charge in [0.15, 0.2) is 29.2 Å². The second-order valence-corrected chi connectivity index (χ2v) is 27.3. The first kappa shape index (κ1) is 65.8. The minimum Gasteiger partial charge on any atom is -0.493 e. The van der Waals surface area contributed by atoms with Gasteiger partial charge < -0.3 is 59.4 Å². The summed E-state index contributed by atoms with van der Waals surface area (Å²) in [6.45, 7) is 7.08. The predicted molar refractivity (Wildman–Crippen MR) is 361 cm³/mol. The predicted octanol–water partition coefficient (Wildman–Crippen LogP) is 9.67. The molecule has 4 fully saturated rings. The standard InChI is InChI=1S/C73H83N11O13/c1-43(2)63(77-61(85)20-12-13-21-62(86)81-39-46-16-8-9-17-49(46)65-64(78-79-80(65)4)50-18-10-11-19-54(50)81)67(88)75-44(3)66(87)76-47-24-22-45(23-25-47)40-97-71(92)84-55-35-60(58(94-6)33-52(55)69(90)83-42-73(28-29-73)37-56(83)70(84)91)96-31-15-7-14-30-95-59-34-53-51(32-57(59)93-5)68(89)82-41-72(26-27-72)36-48(82)38-74-53/h8-11,16-19,22-25,32-35,38,43-44,48,56,63,70,91H,7,12-15,20-21,26-31,36-37,39-42H2,1-6H3,(H,75,88)(H,76,87)(H,77,85)/t44-,48-,56-,63-,70-/m0/s1. The molecule has 2 aliphatic carbocycles. The minimum absolute atomic E-state index is 0.00845. The van der Waals surface area contributed by atoms with Crippen LogP contribution in [-0.2, 0) is 44.1 Å². The van der Waals surface area contributed by atoms with E-state index in [0.717, 1.165) is 71.6 Å². The van der Waals surface area contributed by atoms with Crippen molar-refractivity contribution in [2.24, 2.45) is 28.8 Å². The summed E-state index contributed by atoms with van der Waals surface area (Å²) in [7, 11) is 4.88. The highest BCUT2D eigenvalue weighted by Crippen LogP contribution is 2.58. The Morgan fingerprint density at radius 3 is 2.04 bits per heavy atom. The average Bonchev–Trinajstić information content (AvgIpc) is 1.59. The molecule has 0 bridgehead atoms. The fraction of sp³-hybridized carbons (Fsp3) is 0.452. The smallest absolute Gasteiger partial charge is 0.416 e. The molecule has 97 heavy (non-hydrogen) atoms. The monoisotopic (exact) mass is 1320 g/mol. The number of benzene rings is 5. The summed E-state index contributed by atoms with van der Waals surface area (Å²) in [5, 5.41) is 29.4. The van der Waals surface area contributed by atoms with E-state index in [2.05, 4.69) is 26.3 Å². The van der Waals surface area contributed by atoms with E-state index >= 15 is 0 Å². The van der Waals surface area contributed by atoms with E-state index in [-0.39, 0.29) is 95.2 Å². The molecular weight excluding hydrogens is 1240 g/mol. The number of carbonyl (C=O) groups excluding carboxylic acids is 7. The number of nitrogens with one attached hydrogen (secondary N) is 3. The molecule has 1 aromatic heterocycles. The zero-order chi connectivity index (χ0) is 67.9. The number of ether oxygens (including phenoxy) is 5. The number of aliphatic hydroxyl groups is 1. The number of methoxy groups -OCH3 is 2. The number of fused-ring (bicyclic) bond motifs is 9. The van der Waals surface area contributed by atoms with Crippen molar-refractivity contribution in [3.8, 4) is 45.5 Å². The molecule has 24 nitrogen and oxygen atoms in total. The quantitative estimate of drug-likeness (QED) is 0.0435. The van der Waals surface area contributed by atoms with Crippen LogP contribution < -0.4 is 44.7 Å². The second-order valence-electron chi connectivity index (χ2n) is 27.3. The molecule has 6 aromatic rings. The molecule has 5 atom stereocenters. The highest BCUT2D eigenvalue weighted by atomic mass is 16.6. The number of aryl methyl sites for hydroxylation is 1. The summed E-state index contributed by atoms with van der Waals surface area (Å²) >= 11 is 0. The Labute approximate surface area is 563 Å². The molecule has 24 heteroatoms. The molecule has 4 N–H and O–H groups in total. The third-order valence-electron chi connectivity index (χ3n) is 20.1. The Morgan fingerprint density at radius 2 is 1.33 bits per heavy atom. The molecule has 508 valence electrons. The van der Waals surface area contributed by atoms with Crippen LogP contribution >= 0.6 is 0 Å². The van der Waals surface area contributed by atoms with Crippen molar-refractivity contribution in [1.82, 2.24) is 35.4 Å². The van der Waals surface area contributed by atoms with Crippen LogP contribution in [0.1, 0.15) is 136 Å². The van der Waals surface area contributed by atoms with Gasteiger partial charge in [0.2, 0.25) is 23.6 Å². The lowest BCUT2D eigenvalue weighted by molar-refractivity contribution is -0.131. The fourth-order valence-electron chi connectivity index (χ4n) is 14.3. The van der Waals surface area contributed by atoms with Gasteiger partial charge in [-0.3, -0.25) is 33.8 Å². The van der Waals surface area contributed by atoms with Crippen LogP contribution in [0.5, 0.6) is 23.0 Å². The van der Waals surface area contributed by atoms with Crippen molar-refractivity contribution in [2.75, 3.05) is 55.6 Å². The van der Waals surface area contributed by atoms with Crippen LogP contribution in [0.25, 0.3) is 22.5 Å². The maximum atomic E-state index is 14.5. The molecule has 2 saturated carbocycles. The van der Waals surface area contributed by atoms with E-state index in [1.54, 1.807) is 84.0 Å². The SMILES string of the molecule is COc1cc2c(cc1OCCCCCOc1cc3c(cc1OC)C(=O)N1CC4(CC4)C[C@H]1[C@H](O)N3C(=O)OCc1ccc(NC(=O)[C@H](C)NC(=O)[C@@H](NC(=O)CCCCC(=O)N3Cc4ccccc4-c4c(nnn4C)-c4ccccc43)C(C)C)cc1)N=C[C@@H]1CC3(CC3)CN1C2=O. The molecule has 7 amide bonds. The van der Waals surface area contributed by atoms with Crippen molar-refractivity contribution >= 4 is 70.5 Å². The molecule has 5 aromatic carbocycles. The van der Waals surface area contributed by atoms with Crippen LogP contribution in [0.15, 0.2) is 102 Å². The minimum atomic E-state index is -1.45. The normalized spacial score (nSPS) is 19.3. The first-order valence-electron chi connectivity index (χ1n) is 33.7. The molecule has 13 rings (SSSR count). The van der Waals surface area contributed by atoms with Crippen LogP contribution in [0.4, 0.5) is 27.5 Å². The number of unbranched alkanes of at least 4 members (excludes halogenated alkanes) is 3. The first-order chi connectivity index (χ1) is 46.8. The van der Waals surface area contributed by atoms with Crippen LogP contribution in [0, 0.1) is 16.7 Å². The molecule has 7 aliphatic rings. The third kappa shape index (κ3) is 13.6. The highest BCUT2D eigenvalue weighted by molar-refractivity contribution is 6.07. The Kier molecular flexibility index (Phi) is 18.6. The number of para-hydroxylation sites is 1. The number of carbonyl (C=O) groups is 7.